The highest BCUT2D eigenvalue weighted by molar-refractivity contribution is 5.95. The molecule has 1 N–H and O–H groups in total. The first-order chi connectivity index (χ1) is 15.5. The van der Waals surface area contributed by atoms with Crippen LogP contribution in [0.2, 0.25) is 0 Å². The Morgan fingerprint density at radius 3 is 2.47 bits per heavy atom. The Hall–Kier alpha value is -2.87. The van der Waals surface area contributed by atoms with E-state index in [-0.39, 0.29) is 24.5 Å². The number of likely N-dealkylation sites (N-methyl/N-ethyl adjacent to an activating group) is 1. The number of carbonyl (C=O) groups is 3. The lowest BCUT2D eigenvalue weighted by molar-refractivity contribution is -0.150. The minimum absolute atomic E-state index is 0.187. The van der Waals surface area contributed by atoms with Crippen LogP contribution >= 0.6 is 0 Å². The molecule has 0 saturated carbocycles. The number of nitrogens with zero attached hydrogens (tertiary/aromatic N) is 2. The maximum absolute atomic E-state index is 13.1. The first-order valence-corrected chi connectivity index (χ1v) is 11.4. The first-order valence-electron chi connectivity index (χ1n) is 11.4. The fourth-order valence-corrected chi connectivity index (χ4v) is 4.42. The van der Waals surface area contributed by atoms with Gasteiger partial charge >= 0.3 is 18.0 Å². The number of hydrogen-bond donors (Lipinski definition) is 1. The molecule has 2 atom stereocenters. The number of urea groups is 1. The van der Waals surface area contributed by atoms with Gasteiger partial charge in [-0.3, -0.25) is 14.6 Å². The van der Waals surface area contributed by atoms with Gasteiger partial charge in [0.15, 0.2) is 0 Å². The minimum Gasteiger partial charge on any atom is -0.466 e. The SMILES string of the molecule is CCOC(=O)C1=C(CN2CCC[C@H](C(=O)OCC)C2)N(CC)C(=O)N[C@@H]1c1ccccc1. The second-order valence-corrected chi connectivity index (χ2v) is 7.94. The maximum Gasteiger partial charge on any atom is 0.338 e. The van der Waals surface area contributed by atoms with E-state index in [9.17, 15) is 14.4 Å². The number of hydrogen-bond acceptors (Lipinski definition) is 6. The predicted molar refractivity (Wildman–Crippen MR) is 120 cm³/mol. The van der Waals surface area contributed by atoms with Gasteiger partial charge in [-0.1, -0.05) is 30.3 Å². The zero-order valence-electron chi connectivity index (χ0n) is 19.1. The Morgan fingerprint density at radius 1 is 1.09 bits per heavy atom. The van der Waals surface area contributed by atoms with E-state index >= 15 is 0 Å². The van der Waals surface area contributed by atoms with Crippen molar-refractivity contribution in [3.63, 3.8) is 0 Å². The summed E-state index contributed by atoms with van der Waals surface area (Å²) in [5, 5.41) is 2.97. The van der Waals surface area contributed by atoms with Crippen LogP contribution in [0.1, 0.15) is 45.2 Å². The second kappa shape index (κ2) is 11.1. The van der Waals surface area contributed by atoms with Crippen molar-refractivity contribution in [3.8, 4) is 0 Å². The molecule has 0 bridgehead atoms. The third-order valence-electron chi connectivity index (χ3n) is 5.88. The topological polar surface area (TPSA) is 88.2 Å². The van der Waals surface area contributed by atoms with E-state index in [1.54, 1.807) is 18.7 Å². The van der Waals surface area contributed by atoms with Crippen LogP contribution in [0.15, 0.2) is 41.6 Å². The van der Waals surface area contributed by atoms with Gasteiger partial charge in [0.2, 0.25) is 0 Å². The molecule has 0 spiro atoms. The quantitative estimate of drug-likeness (QED) is 0.622. The van der Waals surface area contributed by atoms with Gasteiger partial charge in [-0.2, -0.15) is 0 Å². The highest BCUT2D eigenvalue weighted by Crippen LogP contribution is 2.32. The monoisotopic (exact) mass is 443 g/mol. The van der Waals surface area contributed by atoms with E-state index in [1.165, 1.54) is 0 Å². The molecule has 0 aromatic heterocycles. The largest absolute Gasteiger partial charge is 0.466 e. The number of nitrogens with one attached hydrogen (secondary N) is 1. The third-order valence-corrected chi connectivity index (χ3v) is 5.88. The normalized spacial score (nSPS) is 21.8. The van der Waals surface area contributed by atoms with Gasteiger partial charge in [0.1, 0.15) is 0 Å². The molecule has 0 radical (unpaired) electrons. The summed E-state index contributed by atoms with van der Waals surface area (Å²) in [6.45, 7) is 8.17. The predicted octanol–water partition coefficient (Wildman–Crippen LogP) is 2.87. The van der Waals surface area contributed by atoms with Gasteiger partial charge in [0.25, 0.3) is 0 Å². The highest BCUT2D eigenvalue weighted by Gasteiger charge is 2.39. The Bertz CT molecular complexity index is 854. The molecular weight excluding hydrogens is 410 g/mol. The van der Waals surface area contributed by atoms with Crippen molar-refractivity contribution in [3.05, 3.63) is 47.2 Å². The highest BCUT2D eigenvalue weighted by atomic mass is 16.5. The first kappa shape index (κ1) is 23.8. The molecule has 2 amide bonds. The summed E-state index contributed by atoms with van der Waals surface area (Å²) < 4.78 is 10.6. The number of esters is 2. The number of benzene rings is 1. The molecule has 2 aliphatic rings. The summed E-state index contributed by atoms with van der Waals surface area (Å²) >= 11 is 0. The Labute approximate surface area is 189 Å². The van der Waals surface area contributed by atoms with Crippen LogP contribution in [0.5, 0.6) is 0 Å². The Morgan fingerprint density at radius 2 is 1.81 bits per heavy atom. The number of piperidine rings is 1. The van der Waals surface area contributed by atoms with Crippen LogP contribution in [0.4, 0.5) is 4.79 Å². The summed E-state index contributed by atoms with van der Waals surface area (Å²) in [5.74, 6) is -0.825. The van der Waals surface area contributed by atoms with Crippen molar-refractivity contribution in [2.24, 2.45) is 5.92 Å². The summed E-state index contributed by atoms with van der Waals surface area (Å²) in [7, 11) is 0. The lowest BCUT2D eigenvalue weighted by Crippen LogP contribution is -2.51. The van der Waals surface area contributed by atoms with Crippen LogP contribution in [0.3, 0.4) is 0 Å². The van der Waals surface area contributed by atoms with Gasteiger partial charge in [0, 0.05) is 25.3 Å². The minimum atomic E-state index is -0.591. The third kappa shape index (κ3) is 5.30. The van der Waals surface area contributed by atoms with Crippen molar-refractivity contribution in [1.29, 1.82) is 0 Å². The molecule has 2 aliphatic heterocycles. The zero-order valence-corrected chi connectivity index (χ0v) is 19.1. The molecule has 2 heterocycles. The van der Waals surface area contributed by atoms with Crippen molar-refractivity contribution < 1.29 is 23.9 Å². The number of likely N-dealkylation sites (tertiary alicyclic amines) is 1. The molecule has 32 heavy (non-hydrogen) atoms. The standard InChI is InChI=1S/C24H33N3O5/c1-4-27-19(16-26-14-10-13-18(15-26)22(28)31-5-2)20(23(29)32-6-3)21(25-24(27)30)17-11-8-7-9-12-17/h7-9,11-12,18,21H,4-6,10,13-16H2,1-3H3,(H,25,30)/t18-,21+/m0/s1. The molecule has 1 fully saturated rings. The van der Waals surface area contributed by atoms with Crippen LogP contribution in [-0.2, 0) is 19.1 Å². The average Bonchev–Trinajstić information content (AvgIpc) is 2.80. The molecule has 3 rings (SSSR count). The van der Waals surface area contributed by atoms with Gasteiger partial charge in [0.05, 0.1) is 30.7 Å². The van der Waals surface area contributed by atoms with Gasteiger partial charge in [-0.15, -0.1) is 0 Å². The van der Waals surface area contributed by atoms with Gasteiger partial charge in [-0.25, -0.2) is 9.59 Å². The summed E-state index contributed by atoms with van der Waals surface area (Å²) in [4.78, 5) is 42.1. The van der Waals surface area contributed by atoms with Crippen LogP contribution in [0.25, 0.3) is 0 Å². The van der Waals surface area contributed by atoms with E-state index in [4.69, 9.17) is 9.47 Å². The van der Waals surface area contributed by atoms with E-state index in [0.717, 1.165) is 24.9 Å². The molecule has 8 nitrogen and oxygen atoms in total. The van der Waals surface area contributed by atoms with Crippen molar-refractivity contribution >= 4 is 18.0 Å². The van der Waals surface area contributed by atoms with Crippen molar-refractivity contribution in [1.82, 2.24) is 15.1 Å². The van der Waals surface area contributed by atoms with E-state index in [1.807, 2.05) is 37.3 Å². The van der Waals surface area contributed by atoms with Crippen molar-refractivity contribution in [2.75, 3.05) is 39.4 Å². The average molecular weight is 444 g/mol. The lowest BCUT2D eigenvalue weighted by Gasteiger charge is -2.39. The Kier molecular flexibility index (Phi) is 8.27. The maximum atomic E-state index is 13.1. The van der Waals surface area contributed by atoms with E-state index < -0.39 is 12.0 Å². The van der Waals surface area contributed by atoms with Gasteiger partial charge in [-0.05, 0) is 45.7 Å². The van der Waals surface area contributed by atoms with Crippen LogP contribution in [0, 0.1) is 5.92 Å². The molecular formula is C24H33N3O5. The fourth-order valence-electron chi connectivity index (χ4n) is 4.42. The molecule has 174 valence electrons. The van der Waals surface area contributed by atoms with Gasteiger partial charge < -0.3 is 14.8 Å². The summed E-state index contributed by atoms with van der Waals surface area (Å²) in [6, 6.07) is 8.59. The molecule has 1 aromatic carbocycles. The second-order valence-electron chi connectivity index (χ2n) is 7.94. The summed E-state index contributed by atoms with van der Waals surface area (Å²) in [5.41, 5.74) is 1.89. The molecule has 1 aromatic rings. The molecule has 1 saturated heterocycles. The zero-order chi connectivity index (χ0) is 23.1. The van der Waals surface area contributed by atoms with E-state index in [2.05, 4.69) is 10.2 Å². The Balaban J connectivity index is 1.98. The number of carbonyl (C=O) groups excluding carboxylic acids is 3. The summed E-state index contributed by atoms with van der Waals surface area (Å²) in [6.07, 6.45) is 1.63. The number of rotatable bonds is 8. The lowest BCUT2D eigenvalue weighted by atomic mass is 9.93. The van der Waals surface area contributed by atoms with Crippen LogP contribution < -0.4 is 5.32 Å². The van der Waals surface area contributed by atoms with Crippen molar-refractivity contribution in [2.45, 2.75) is 39.7 Å². The molecule has 0 aliphatic carbocycles. The smallest absolute Gasteiger partial charge is 0.338 e. The number of ether oxygens (including phenoxy) is 2. The molecule has 8 heteroatoms. The number of amides is 2. The van der Waals surface area contributed by atoms with E-state index in [0.29, 0.717) is 37.5 Å². The molecule has 0 unspecified atom stereocenters. The fraction of sp³-hybridized carbons (Fsp3) is 0.542. The van der Waals surface area contributed by atoms with Crippen LogP contribution in [-0.4, -0.2) is 67.2 Å².